The van der Waals surface area contributed by atoms with Gasteiger partial charge in [-0.05, 0) is 36.9 Å². The fourth-order valence-electron chi connectivity index (χ4n) is 1.68. The lowest BCUT2D eigenvalue weighted by Gasteiger charge is -2.15. The Kier molecular flexibility index (Phi) is 5.93. The Bertz CT molecular complexity index is 352. The molecule has 17 heavy (non-hydrogen) atoms. The van der Waals surface area contributed by atoms with Crippen molar-refractivity contribution in [3.05, 3.63) is 34.6 Å². The third kappa shape index (κ3) is 5.05. The summed E-state index contributed by atoms with van der Waals surface area (Å²) in [5.74, 6) is 0.272. The van der Waals surface area contributed by atoms with Crippen molar-refractivity contribution in [2.75, 3.05) is 6.54 Å². The van der Waals surface area contributed by atoms with E-state index in [2.05, 4.69) is 26.1 Å². The molecular formula is C14H21ClFN. The highest BCUT2D eigenvalue weighted by Gasteiger charge is 2.08. The summed E-state index contributed by atoms with van der Waals surface area (Å²) in [6.07, 6.45) is 1.71. The fourth-order valence-corrected chi connectivity index (χ4v) is 1.88. The highest BCUT2D eigenvalue weighted by molar-refractivity contribution is 6.30. The monoisotopic (exact) mass is 257 g/mol. The molecular weight excluding hydrogens is 237 g/mol. The molecule has 96 valence electrons. The minimum atomic E-state index is -0.266. The van der Waals surface area contributed by atoms with Crippen molar-refractivity contribution in [2.24, 2.45) is 5.92 Å². The van der Waals surface area contributed by atoms with Crippen molar-refractivity contribution in [3.8, 4) is 0 Å². The Hall–Kier alpha value is -0.600. The molecule has 0 saturated heterocycles. The van der Waals surface area contributed by atoms with Gasteiger partial charge in [-0.3, -0.25) is 0 Å². The van der Waals surface area contributed by atoms with Crippen molar-refractivity contribution >= 4 is 11.6 Å². The first kappa shape index (κ1) is 14.5. The molecule has 3 heteroatoms. The lowest BCUT2D eigenvalue weighted by atomic mass is 10.0. The number of benzene rings is 1. The highest BCUT2D eigenvalue weighted by Crippen LogP contribution is 2.20. The van der Waals surface area contributed by atoms with E-state index in [9.17, 15) is 4.39 Å². The molecule has 0 radical (unpaired) electrons. The number of rotatable bonds is 6. The molecule has 1 N–H and O–H groups in total. The van der Waals surface area contributed by atoms with Crippen LogP contribution in [0.1, 0.15) is 32.8 Å². The molecule has 0 aromatic heterocycles. The molecule has 1 nitrogen and oxygen atoms in total. The zero-order valence-corrected chi connectivity index (χ0v) is 11.5. The maximum Gasteiger partial charge on any atom is 0.144 e. The zero-order chi connectivity index (χ0) is 12.8. The molecule has 1 aromatic carbocycles. The van der Waals surface area contributed by atoms with Gasteiger partial charge >= 0.3 is 0 Å². The van der Waals surface area contributed by atoms with Crippen LogP contribution in [0.3, 0.4) is 0 Å². The number of hydrogen-bond donors (Lipinski definition) is 1. The summed E-state index contributed by atoms with van der Waals surface area (Å²) in [5.41, 5.74) is 0.717. The van der Waals surface area contributed by atoms with Crippen molar-refractivity contribution in [1.29, 1.82) is 0 Å². The first-order chi connectivity index (χ1) is 8.00. The molecule has 0 saturated carbocycles. The lowest BCUT2D eigenvalue weighted by Crippen LogP contribution is -2.28. The Morgan fingerprint density at radius 3 is 2.65 bits per heavy atom. The third-order valence-corrected chi connectivity index (χ3v) is 3.10. The lowest BCUT2D eigenvalue weighted by molar-refractivity contribution is 0.450. The molecule has 0 amide bonds. The summed E-state index contributed by atoms with van der Waals surface area (Å²) in [4.78, 5) is 0. The van der Waals surface area contributed by atoms with Crippen LogP contribution in [0, 0.1) is 11.7 Å². The van der Waals surface area contributed by atoms with Gasteiger partial charge in [0.2, 0.25) is 0 Å². The minimum absolute atomic E-state index is 0.218. The molecule has 0 aliphatic heterocycles. The van der Waals surface area contributed by atoms with Gasteiger partial charge in [-0.2, -0.15) is 0 Å². The average Bonchev–Trinajstić information content (AvgIpc) is 2.28. The fraction of sp³-hybridized carbons (Fsp3) is 0.571. The second kappa shape index (κ2) is 6.97. The Balaban J connectivity index is 2.42. The molecule has 1 unspecified atom stereocenters. The first-order valence-electron chi connectivity index (χ1n) is 6.17. The Labute approximate surface area is 108 Å². The topological polar surface area (TPSA) is 12.0 Å². The highest BCUT2D eigenvalue weighted by atomic mass is 35.5. The van der Waals surface area contributed by atoms with Crippen LogP contribution in [-0.2, 0) is 6.42 Å². The summed E-state index contributed by atoms with van der Waals surface area (Å²) in [5, 5.41) is 3.61. The van der Waals surface area contributed by atoms with Crippen LogP contribution in [0.15, 0.2) is 18.2 Å². The van der Waals surface area contributed by atoms with E-state index in [1.165, 1.54) is 0 Å². The van der Waals surface area contributed by atoms with Gasteiger partial charge in [0.25, 0.3) is 0 Å². The van der Waals surface area contributed by atoms with Crippen LogP contribution >= 0.6 is 11.6 Å². The molecule has 0 aliphatic carbocycles. The normalized spacial score (nSPS) is 13.1. The smallest absolute Gasteiger partial charge is 0.144 e. The van der Waals surface area contributed by atoms with Crippen molar-refractivity contribution in [3.63, 3.8) is 0 Å². The van der Waals surface area contributed by atoms with Gasteiger partial charge in [-0.25, -0.2) is 4.39 Å². The van der Waals surface area contributed by atoms with Gasteiger partial charge in [-0.1, -0.05) is 44.5 Å². The molecule has 1 rings (SSSR count). The van der Waals surface area contributed by atoms with Crippen LogP contribution in [0.4, 0.5) is 4.39 Å². The van der Waals surface area contributed by atoms with Crippen LogP contribution < -0.4 is 5.32 Å². The molecule has 1 atom stereocenters. The van der Waals surface area contributed by atoms with E-state index in [1.54, 1.807) is 12.1 Å². The Morgan fingerprint density at radius 2 is 2.00 bits per heavy atom. The van der Waals surface area contributed by atoms with E-state index >= 15 is 0 Å². The number of halogens is 2. The zero-order valence-electron chi connectivity index (χ0n) is 10.8. The SMILES string of the molecule is CC(CCc1cccc(Cl)c1F)CNC(C)C. The molecule has 0 bridgehead atoms. The van der Waals surface area contributed by atoms with E-state index in [4.69, 9.17) is 11.6 Å². The summed E-state index contributed by atoms with van der Waals surface area (Å²) in [7, 11) is 0. The summed E-state index contributed by atoms with van der Waals surface area (Å²) in [6, 6.07) is 5.70. The van der Waals surface area contributed by atoms with Crippen LogP contribution in [0.5, 0.6) is 0 Å². The molecule has 0 fully saturated rings. The van der Waals surface area contributed by atoms with E-state index in [-0.39, 0.29) is 10.8 Å². The first-order valence-corrected chi connectivity index (χ1v) is 6.54. The number of hydrogen-bond acceptors (Lipinski definition) is 1. The predicted octanol–water partition coefficient (Wildman–Crippen LogP) is 4.05. The van der Waals surface area contributed by atoms with Crippen LogP contribution in [0.2, 0.25) is 5.02 Å². The quantitative estimate of drug-likeness (QED) is 0.811. The van der Waals surface area contributed by atoms with Crippen molar-refractivity contribution in [1.82, 2.24) is 5.32 Å². The molecule has 0 spiro atoms. The maximum absolute atomic E-state index is 13.6. The molecule has 1 aromatic rings. The van der Waals surface area contributed by atoms with Gasteiger partial charge in [-0.15, -0.1) is 0 Å². The van der Waals surface area contributed by atoms with Gasteiger partial charge in [0.15, 0.2) is 0 Å². The summed E-state index contributed by atoms with van der Waals surface area (Å²) in [6.45, 7) is 7.41. The standard InChI is InChI=1S/C14H21ClFN/c1-10(2)17-9-11(3)7-8-12-5-4-6-13(15)14(12)16/h4-6,10-11,17H,7-9H2,1-3H3. The summed E-state index contributed by atoms with van der Waals surface area (Å²) < 4.78 is 13.6. The summed E-state index contributed by atoms with van der Waals surface area (Å²) >= 11 is 5.74. The van der Waals surface area contributed by atoms with Gasteiger partial charge in [0, 0.05) is 6.04 Å². The molecule has 0 aliphatic rings. The van der Waals surface area contributed by atoms with E-state index in [1.807, 2.05) is 6.07 Å². The van der Waals surface area contributed by atoms with E-state index < -0.39 is 0 Å². The molecule has 0 heterocycles. The van der Waals surface area contributed by atoms with Gasteiger partial charge < -0.3 is 5.32 Å². The van der Waals surface area contributed by atoms with Gasteiger partial charge in [0.05, 0.1) is 5.02 Å². The maximum atomic E-state index is 13.6. The van der Waals surface area contributed by atoms with Crippen LogP contribution in [-0.4, -0.2) is 12.6 Å². The second-order valence-electron chi connectivity index (χ2n) is 4.92. The second-order valence-corrected chi connectivity index (χ2v) is 5.33. The van der Waals surface area contributed by atoms with Crippen molar-refractivity contribution in [2.45, 2.75) is 39.7 Å². The van der Waals surface area contributed by atoms with Gasteiger partial charge in [0.1, 0.15) is 5.82 Å². The number of nitrogens with one attached hydrogen (secondary N) is 1. The minimum Gasteiger partial charge on any atom is -0.314 e. The van der Waals surface area contributed by atoms with E-state index in [0.717, 1.165) is 19.4 Å². The third-order valence-electron chi connectivity index (χ3n) is 2.81. The number of aryl methyl sites for hydroxylation is 1. The predicted molar refractivity (Wildman–Crippen MR) is 72.0 cm³/mol. The van der Waals surface area contributed by atoms with Crippen LogP contribution in [0.25, 0.3) is 0 Å². The van der Waals surface area contributed by atoms with E-state index in [0.29, 0.717) is 17.5 Å². The average molecular weight is 258 g/mol. The largest absolute Gasteiger partial charge is 0.314 e. The van der Waals surface area contributed by atoms with Crippen molar-refractivity contribution < 1.29 is 4.39 Å². The Morgan fingerprint density at radius 1 is 1.29 bits per heavy atom.